The first-order valence-corrected chi connectivity index (χ1v) is 7.29. The number of nitrogens with two attached hydrogens (primary N) is 1. The minimum Gasteiger partial charge on any atom is -0.399 e. The number of aliphatic hydroxyl groups excluding tert-OH is 1. The van der Waals surface area contributed by atoms with Crippen LogP contribution in [0.3, 0.4) is 0 Å². The van der Waals surface area contributed by atoms with Crippen LogP contribution in [-0.4, -0.2) is 10.9 Å². The fraction of sp³-hybridized carbons (Fsp3) is 0.278. The Labute approximate surface area is 125 Å². The van der Waals surface area contributed by atoms with E-state index in [0.717, 1.165) is 24.8 Å². The second-order valence-corrected chi connectivity index (χ2v) is 5.19. The third-order valence-electron chi connectivity index (χ3n) is 3.58. The highest BCUT2D eigenvalue weighted by atomic mass is 16.3. The fourth-order valence-electron chi connectivity index (χ4n) is 2.32. The number of carbonyl (C=O) groups is 1. The first kappa shape index (κ1) is 15.3. The van der Waals surface area contributed by atoms with Crippen molar-refractivity contribution in [1.29, 1.82) is 0 Å². The van der Waals surface area contributed by atoms with Crippen LogP contribution in [-0.2, 0) is 6.42 Å². The Bertz CT molecular complexity index is 605. The Balaban J connectivity index is 2.24. The molecule has 1 atom stereocenters. The Hall–Kier alpha value is -2.13. The van der Waals surface area contributed by atoms with Gasteiger partial charge >= 0.3 is 0 Å². The molecule has 0 fully saturated rings. The van der Waals surface area contributed by atoms with E-state index in [-0.39, 0.29) is 5.78 Å². The van der Waals surface area contributed by atoms with Gasteiger partial charge in [-0.15, -0.1) is 0 Å². The summed E-state index contributed by atoms with van der Waals surface area (Å²) in [7, 11) is 0. The number of anilines is 1. The van der Waals surface area contributed by atoms with E-state index in [1.165, 1.54) is 0 Å². The SMILES string of the molecule is CCCCc1ccccc1C(=O)C(O)c1ccc(N)cc1. The normalized spacial score (nSPS) is 12.1. The number of rotatable bonds is 6. The van der Waals surface area contributed by atoms with Crippen LogP contribution in [0.5, 0.6) is 0 Å². The lowest BCUT2D eigenvalue weighted by atomic mass is 9.94. The van der Waals surface area contributed by atoms with E-state index in [1.54, 1.807) is 30.3 Å². The van der Waals surface area contributed by atoms with Crippen molar-refractivity contribution in [3.8, 4) is 0 Å². The average molecular weight is 283 g/mol. The van der Waals surface area contributed by atoms with Crippen molar-refractivity contribution in [1.82, 2.24) is 0 Å². The van der Waals surface area contributed by atoms with E-state index in [1.807, 2.05) is 18.2 Å². The maximum Gasteiger partial charge on any atom is 0.196 e. The summed E-state index contributed by atoms with van der Waals surface area (Å²) in [5, 5.41) is 10.3. The van der Waals surface area contributed by atoms with E-state index in [9.17, 15) is 9.90 Å². The molecule has 2 aromatic rings. The average Bonchev–Trinajstić information content (AvgIpc) is 2.52. The molecular formula is C18H21NO2. The van der Waals surface area contributed by atoms with Crippen molar-refractivity contribution in [3.05, 3.63) is 65.2 Å². The molecule has 0 heterocycles. The number of ketones is 1. The number of Topliss-reactive ketones (excluding diaryl/α,β-unsaturated/α-hetero) is 1. The largest absolute Gasteiger partial charge is 0.399 e. The topological polar surface area (TPSA) is 63.3 Å². The van der Waals surface area contributed by atoms with Gasteiger partial charge in [0.05, 0.1) is 0 Å². The number of carbonyl (C=O) groups excluding carboxylic acids is 1. The summed E-state index contributed by atoms with van der Waals surface area (Å²) in [5.74, 6) is -0.258. The number of hydrogen-bond donors (Lipinski definition) is 2. The zero-order chi connectivity index (χ0) is 15.2. The van der Waals surface area contributed by atoms with Crippen LogP contribution in [0.1, 0.15) is 47.4 Å². The van der Waals surface area contributed by atoms with Crippen molar-refractivity contribution in [2.75, 3.05) is 5.73 Å². The smallest absolute Gasteiger partial charge is 0.196 e. The second-order valence-electron chi connectivity index (χ2n) is 5.19. The minimum atomic E-state index is -1.15. The first-order valence-electron chi connectivity index (χ1n) is 7.29. The van der Waals surface area contributed by atoms with E-state index in [2.05, 4.69) is 6.92 Å². The summed E-state index contributed by atoms with van der Waals surface area (Å²) < 4.78 is 0. The van der Waals surface area contributed by atoms with Gasteiger partial charge in [-0.25, -0.2) is 0 Å². The highest BCUT2D eigenvalue weighted by Gasteiger charge is 2.21. The predicted octanol–water partition coefficient (Wildman–Crippen LogP) is 3.53. The molecule has 0 radical (unpaired) electrons. The number of aryl methyl sites for hydroxylation is 1. The van der Waals surface area contributed by atoms with Crippen LogP contribution in [0.4, 0.5) is 5.69 Å². The van der Waals surface area contributed by atoms with Crippen LogP contribution >= 0.6 is 0 Å². The minimum absolute atomic E-state index is 0.258. The van der Waals surface area contributed by atoms with Crippen LogP contribution < -0.4 is 5.73 Å². The van der Waals surface area contributed by atoms with Crippen LogP contribution in [0.15, 0.2) is 48.5 Å². The molecule has 2 rings (SSSR count). The van der Waals surface area contributed by atoms with Gasteiger partial charge in [0, 0.05) is 11.3 Å². The molecule has 1 unspecified atom stereocenters. The molecule has 21 heavy (non-hydrogen) atoms. The molecular weight excluding hydrogens is 262 g/mol. The summed E-state index contributed by atoms with van der Waals surface area (Å²) >= 11 is 0. The van der Waals surface area contributed by atoms with Gasteiger partial charge in [0.1, 0.15) is 6.10 Å². The maximum absolute atomic E-state index is 12.5. The first-order chi connectivity index (χ1) is 10.1. The Morgan fingerprint density at radius 1 is 1.14 bits per heavy atom. The number of benzene rings is 2. The molecule has 0 amide bonds. The van der Waals surface area contributed by atoms with E-state index in [4.69, 9.17) is 5.73 Å². The van der Waals surface area contributed by atoms with E-state index < -0.39 is 6.10 Å². The molecule has 0 aliphatic heterocycles. The summed E-state index contributed by atoms with van der Waals surface area (Å²) in [6, 6.07) is 14.3. The molecule has 0 saturated carbocycles. The van der Waals surface area contributed by atoms with Crippen molar-refractivity contribution in [2.24, 2.45) is 0 Å². The van der Waals surface area contributed by atoms with Crippen LogP contribution in [0.2, 0.25) is 0 Å². The summed E-state index contributed by atoms with van der Waals surface area (Å²) in [6.45, 7) is 2.12. The van der Waals surface area contributed by atoms with Crippen molar-refractivity contribution < 1.29 is 9.90 Å². The molecule has 0 spiro atoms. The van der Waals surface area contributed by atoms with Gasteiger partial charge in [0.2, 0.25) is 0 Å². The number of hydrogen-bond acceptors (Lipinski definition) is 3. The number of nitrogen functional groups attached to an aromatic ring is 1. The Morgan fingerprint density at radius 3 is 2.48 bits per heavy atom. The fourth-order valence-corrected chi connectivity index (χ4v) is 2.32. The molecule has 0 saturated heterocycles. The monoisotopic (exact) mass is 283 g/mol. The number of aliphatic hydroxyl groups is 1. The highest BCUT2D eigenvalue weighted by Crippen LogP contribution is 2.22. The van der Waals surface area contributed by atoms with E-state index in [0.29, 0.717) is 16.8 Å². The molecule has 110 valence electrons. The van der Waals surface area contributed by atoms with Crippen molar-refractivity contribution >= 4 is 11.5 Å². The van der Waals surface area contributed by atoms with Gasteiger partial charge < -0.3 is 10.8 Å². The van der Waals surface area contributed by atoms with E-state index >= 15 is 0 Å². The summed E-state index contributed by atoms with van der Waals surface area (Å²) in [4.78, 5) is 12.5. The molecule has 0 aliphatic rings. The predicted molar refractivity (Wildman–Crippen MR) is 85.2 cm³/mol. The molecule has 0 aliphatic carbocycles. The van der Waals surface area contributed by atoms with Gasteiger partial charge in [0.25, 0.3) is 0 Å². The molecule has 3 heteroatoms. The Morgan fingerprint density at radius 2 is 1.81 bits per heavy atom. The lowest BCUT2D eigenvalue weighted by Crippen LogP contribution is -2.14. The third-order valence-corrected chi connectivity index (χ3v) is 3.58. The third kappa shape index (κ3) is 3.70. The Kier molecular flexibility index (Phi) is 5.12. The summed E-state index contributed by atoms with van der Waals surface area (Å²) in [6.07, 6.45) is 1.81. The summed E-state index contributed by atoms with van der Waals surface area (Å²) in [5.41, 5.74) is 8.41. The second kappa shape index (κ2) is 7.04. The van der Waals surface area contributed by atoms with Gasteiger partial charge in [-0.2, -0.15) is 0 Å². The standard InChI is InChI=1S/C18H21NO2/c1-2-3-6-13-7-4-5-8-16(13)18(21)17(20)14-9-11-15(19)12-10-14/h4-5,7-12,17,20H,2-3,6,19H2,1H3. The van der Waals surface area contributed by atoms with Crippen molar-refractivity contribution in [2.45, 2.75) is 32.3 Å². The molecule has 3 N–H and O–H groups in total. The molecule has 3 nitrogen and oxygen atoms in total. The number of unbranched alkanes of at least 4 members (excludes halogenated alkanes) is 1. The van der Waals surface area contributed by atoms with Crippen LogP contribution in [0.25, 0.3) is 0 Å². The lowest BCUT2D eigenvalue weighted by Gasteiger charge is -2.13. The van der Waals surface area contributed by atoms with Gasteiger partial charge in [-0.1, -0.05) is 49.7 Å². The maximum atomic E-state index is 12.5. The van der Waals surface area contributed by atoms with Gasteiger partial charge in [-0.3, -0.25) is 4.79 Å². The zero-order valence-corrected chi connectivity index (χ0v) is 12.3. The lowest BCUT2D eigenvalue weighted by molar-refractivity contribution is 0.0746. The van der Waals surface area contributed by atoms with Gasteiger partial charge in [0.15, 0.2) is 5.78 Å². The zero-order valence-electron chi connectivity index (χ0n) is 12.3. The molecule has 0 aromatic heterocycles. The molecule has 2 aromatic carbocycles. The molecule has 0 bridgehead atoms. The quantitative estimate of drug-likeness (QED) is 0.629. The van der Waals surface area contributed by atoms with Gasteiger partial charge in [-0.05, 0) is 36.1 Å². The van der Waals surface area contributed by atoms with Crippen molar-refractivity contribution in [3.63, 3.8) is 0 Å². The highest BCUT2D eigenvalue weighted by molar-refractivity contribution is 6.01. The van der Waals surface area contributed by atoms with Crippen LogP contribution in [0, 0.1) is 0 Å².